The van der Waals surface area contributed by atoms with E-state index in [2.05, 4.69) is 20.1 Å². The molecule has 0 spiro atoms. The number of carbonyl (C=O) groups is 1. The van der Waals surface area contributed by atoms with Crippen molar-refractivity contribution >= 4 is 11.7 Å². The number of aromatic amines is 1. The summed E-state index contributed by atoms with van der Waals surface area (Å²) < 4.78 is 10.5. The normalized spacial score (nSPS) is 14.0. The minimum Gasteiger partial charge on any atom is -0.497 e. The number of aromatic nitrogens is 3. The second-order valence-corrected chi connectivity index (χ2v) is 6.76. The van der Waals surface area contributed by atoms with Crippen molar-refractivity contribution in [3.05, 3.63) is 54.4 Å². The van der Waals surface area contributed by atoms with Gasteiger partial charge in [-0.2, -0.15) is 5.10 Å². The number of anilines is 1. The molecule has 29 heavy (non-hydrogen) atoms. The van der Waals surface area contributed by atoms with Gasteiger partial charge in [-0.05, 0) is 24.3 Å². The van der Waals surface area contributed by atoms with Crippen molar-refractivity contribution in [2.75, 3.05) is 45.3 Å². The lowest BCUT2D eigenvalue weighted by Gasteiger charge is -2.34. The van der Waals surface area contributed by atoms with Gasteiger partial charge in [0.05, 0.1) is 19.9 Å². The molecule has 4 rings (SSSR count). The van der Waals surface area contributed by atoms with Gasteiger partial charge in [-0.1, -0.05) is 0 Å². The van der Waals surface area contributed by atoms with Gasteiger partial charge in [0.1, 0.15) is 11.5 Å². The van der Waals surface area contributed by atoms with Gasteiger partial charge in [0.2, 0.25) is 0 Å². The topological polar surface area (TPSA) is 83.6 Å². The molecule has 150 valence electrons. The first kappa shape index (κ1) is 18.8. The lowest BCUT2D eigenvalue weighted by molar-refractivity contribution is 0.0745. The van der Waals surface area contributed by atoms with Gasteiger partial charge in [-0.15, -0.1) is 0 Å². The van der Waals surface area contributed by atoms with E-state index in [1.807, 2.05) is 23.1 Å². The van der Waals surface area contributed by atoms with Crippen LogP contribution in [0.5, 0.6) is 11.5 Å². The summed E-state index contributed by atoms with van der Waals surface area (Å²) in [5.41, 5.74) is 2.48. The summed E-state index contributed by atoms with van der Waals surface area (Å²) in [5.74, 6) is 2.05. The Bertz CT molecular complexity index is 959. The maximum Gasteiger partial charge on any atom is 0.254 e. The number of rotatable bonds is 5. The molecule has 0 radical (unpaired) electrons. The Hall–Kier alpha value is -3.55. The average Bonchev–Trinajstić information content (AvgIpc) is 3.29. The van der Waals surface area contributed by atoms with Crippen LogP contribution in [-0.4, -0.2) is 66.4 Å². The number of H-pyrrole nitrogens is 1. The van der Waals surface area contributed by atoms with Crippen LogP contribution in [0.15, 0.2) is 48.8 Å². The van der Waals surface area contributed by atoms with Gasteiger partial charge in [-0.3, -0.25) is 14.9 Å². The van der Waals surface area contributed by atoms with Crippen molar-refractivity contribution in [1.29, 1.82) is 0 Å². The summed E-state index contributed by atoms with van der Waals surface area (Å²) in [4.78, 5) is 21.1. The molecule has 8 heteroatoms. The van der Waals surface area contributed by atoms with Crippen LogP contribution in [0.1, 0.15) is 10.4 Å². The Balaban J connectivity index is 1.42. The summed E-state index contributed by atoms with van der Waals surface area (Å²) in [5, 5.41) is 7.49. The molecule has 1 N–H and O–H groups in total. The van der Waals surface area contributed by atoms with Crippen molar-refractivity contribution in [2.24, 2.45) is 0 Å². The highest BCUT2D eigenvalue weighted by Gasteiger charge is 2.24. The van der Waals surface area contributed by atoms with Crippen LogP contribution in [0.4, 0.5) is 5.82 Å². The number of hydrogen-bond acceptors (Lipinski definition) is 6. The highest BCUT2D eigenvalue weighted by atomic mass is 16.5. The first-order chi connectivity index (χ1) is 14.2. The zero-order chi connectivity index (χ0) is 20.2. The second-order valence-electron chi connectivity index (χ2n) is 6.76. The molecule has 2 aromatic heterocycles. The molecule has 1 saturated heterocycles. The Kier molecular flexibility index (Phi) is 5.33. The number of methoxy groups -OCH3 is 2. The van der Waals surface area contributed by atoms with Crippen LogP contribution in [-0.2, 0) is 0 Å². The fourth-order valence-electron chi connectivity index (χ4n) is 3.40. The fraction of sp³-hybridized carbons (Fsp3) is 0.286. The summed E-state index contributed by atoms with van der Waals surface area (Å²) in [6, 6.07) is 11.1. The number of piperazine rings is 1. The predicted molar refractivity (Wildman–Crippen MR) is 109 cm³/mol. The van der Waals surface area contributed by atoms with E-state index < -0.39 is 0 Å². The van der Waals surface area contributed by atoms with Crippen molar-refractivity contribution < 1.29 is 14.3 Å². The van der Waals surface area contributed by atoms with Crippen molar-refractivity contribution in [3.63, 3.8) is 0 Å². The first-order valence-corrected chi connectivity index (χ1v) is 9.41. The van der Waals surface area contributed by atoms with Crippen molar-refractivity contribution in [3.8, 4) is 22.8 Å². The van der Waals surface area contributed by atoms with E-state index in [4.69, 9.17) is 9.47 Å². The van der Waals surface area contributed by atoms with E-state index in [0.29, 0.717) is 43.2 Å². The molecule has 0 saturated carbocycles. The van der Waals surface area contributed by atoms with Crippen LogP contribution in [0.25, 0.3) is 11.3 Å². The number of ether oxygens (including phenoxy) is 2. The van der Waals surface area contributed by atoms with Crippen LogP contribution < -0.4 is 14.4 Å². The minimum atomic E-state index is -0.0278. The van der Waals surface area contributed by atoms with Crippen LogP contribution in [0.2, 0.25) is 0 Å². The smallest absolute Gasteiger partial charge is 0.254 e. The third-order valence-corrected chi connectivity index (χ3v) is 5.03. The van der Waals surface area contributed by atoms with Gasteiger partial charge < -0.3 is 19.3 Å². The Labute approximate surface area is 169 Å². The predicted octanol–water partition coefficient (Wildman–Crippen LogP) is 2.45. The summed E-state index contributed by atoms with van der Waals surface area (Å²) in [6.45, 7) is 2.66. The molecule has 0 aliphatic carbocycles. The number of nitrogens with one attached hydrogen (secondary N) is 1. The largest absolute Gasteiger partial charge is 0.497 e. The second kappa shape index (κ2) is 8.22. The SMILES string of the molecule is COc1cc(OC)cc(C(=O)N2CCN(c3cc(-c4cccnc4)[nH]n3)CC2)c1. The monoisotopic (exact) mass is 393 g/mol. The molecule has 3 aromatic rings. The van der Waals surface area contributed by atoms with Gasteiger partial charge in [0, 0.05) is 61.8 Å². The first-order valence-electron chi connectivity index (χ1n) is 9.41. The molecule has 1 aliphatic rings. The zero-order valence-corrected chi connectivity index (χ0v) is 16.5. The lowest BCUT2D eigenvalue weighted by atomic mass is 10.1. The van der Waals surface area contributed by atoms with Gasteiger partial charge in [-0.25, -0.2) is 0 Å². The van der Waals surface area contributed by atoms with E-state index in [1.165, 1.54) is 0 Å². The van der Waals surface area contributed by atoms with Crippen molar-refractivity contribution in [2.45, 2.75) is 0 Å². The Morgan fingerprint density at radius 3 is 2.38 bits per heavy atom. The molecule has 1 aliphatic heterocycles. The Morgan fingerprint density at radius 1 is 1.03 bits per heavy atom. The van der Waals surface area contributed by atoms with Gasteiger partial charge in [0.15, 0.2) is 5.82 Å². The number of hydrogen-bond donors (Lipinski definition) is 1. The summed E-state index contributed by atoms with van der Waals surface area (Å²) in [7, 11) is 3.15. The molecule has 8 nitrogen and oxygen atoms in total. The van der Waals surface area contributed by atoms with Gasteiger partial charge in [0.25, 0.3) is 5.91 Å². The molecule has 1 amide bonds. The molecular formula is C21H23N5O3. The summed E-state index contributed by atoms with van der Waals surface area (Å²) >= 11 is 0. The number of carbonyl (C=O) groups excluding carboxylic acids is 1. The highest BCUT2D eigenvalue weighted by molar-refractivity contribution is 5.95. The summed E-state index contributed by atoms with van der Waals surface area (Å²) in [6.07, 6.45) is 3.55. The van der Waals surface area contributed by atoms with Crippen molar-refractivity contribution in [1.82, 2.24) is 20.1 Å². The Morgan fingerprint density at radius 2 is 1.76 bits per heavy atom. The van der Waals surface area contributed by atoms with E-state index in [-0.39, 0.29) is 5.91 Å². The lowest BCUT2D eigenvalue weighted by Crippen LogP contribution is -2.49. The van der Waals surface area contributed by atoms with Crippen LogP contribution >= 0.6 is 0 Å². The standard InChI is InChI=1S/C21H23N5O3/c1-28-17-10-16(11-18(12-17)29-2)21(27)26-8-6-25(7-9-26)20-13-19(23-24-20)15-4-3-5-22-14-15/h3-5,10-14H,6-9H2,1-2H3,(H,23,24). The zero-order valence-electron chi connectivity index (χ0n) is 16.5. The van der Waals surface area contributed by atoms with E-state index in [0.717, 1.165) is 17.1 Å². The molecule has 0 unspecified atom stereocenters. The third kappa shape index (κ3) is 4.01. The molecule has 0 atom stereocenters. The van der Waals surface area contributed by atoms with Crippen LogP contribution in [0, 0.1) is 0 Å². The molecular weight excluding hydrogens is 370 g/mol. The number of amides is 1. The van der Waals surface area contributed by atoms with Crippen LogP contribution in [0.3, 0.4) is 0 Å². The highest BCUT2D eigenvalue weighted by Crippen LogP contribution is 2.25. The molecule has 1 fully saturated rings. The number of pyridine rings is 1. The van der Waals surface area contributed by atoms with Gasteiger partial charge >= 0.3 is 0 Å². The number of benzene rings is 1. The quantitative estimate of drug-likeness (QED) is 0.717. The molecule has 1 aromatic carbocycles. The number of nitrogens with zero attached hydrogens (tertiary/aromatic N) is 4. The maximum atomic E-state index is 12.9. The minimum absolute atomic E-state index is 0.0278. The molecule has 3 heterocycles. The van der Waals surface area contributed by atoms with E-state index >= 15 is 0 Å². The average molecular weight is 393 g/mol. The maximum absolute atomic E-state index is 12.9. The molecule has 0 bridgehead atoms. The third-order valence-electron chi connectivity index (χ3n) is 5.03. The van der Waals surface area contributed by atoms with E-state index in [1.54, 1.807) is 44.8 Å². The fourth-order valence-corrected chi connectivity index (χ4v) is 3.40. The van der Waals surface area contributed by atoms with E-state index in [9.17, 15) is 4.79 Å².